The summed E-state index contributed by atoms with van der Waals surface area (Å²) in [6.07, 6.45) is 1.56. The monoisotopic (exact) mass is 240 g/mol. The fraction of sp³-hybridized carbons (Fsp3) is 0.750. The molecular weight excluding hydrogens is 220 g/mol. The molecule has 0 aliphatic carbocycles. The Kier molecular flexibility index (Phi) is 3.91. The van der Waals surface area contributed by atoms with Crippen LogP contribution in [0.4, 0.5) is 4.79 Å². The first-order valence-electron chi connectivity index (χ1n) is 6.10. The average molecular weight is 240 g/mol. The molecule has 0 N–H and O–H groups in total. The van der Waals surface area contributed by atoms with Gasteiger partial charge in [0.25, 0.3) is 0 Å². The van der Waals surface area contributed by atoms with Gasteiger partial charge >= 0.3 is 6.03 Å². The summed E-state index contributed by atoms with van der Waals surface area (Å²) in [7, 11) is 1.44. The fourth-order valence-electron chi connectivity index (χ4n) is 2.30. The lowest BCUT2D eigenvalue weighted by Gasteiger charge is -2.42. The van der Waals surface area contributed by atoms with Crippen LogP contribution in [0, 0.1) is 5.41 Å². The lowest BCUT2D eigenvalue weighted by Crippen LogP contribution is -2.63. The standard InChI is InChI=1S/C12H20N2O3/c1-5-8-14-10(16)12(6-2,7-3)9(15)13(4)11(14)17/h5-8H2,1-4H3. The molecule has 1 saturated heterocycles. The van der Waals surface area contributed by atoms with Crippen molar-refractivity contribution >= 4 is 17.8 Å². The van der Waals surface area contributed by atoms with Gasteiger partial charge in [0.2, 0.25) is 11.8 Å². The van der Waals surface area contributed by atoms with E-state index in [9.17, 15) is 14.4 Å². The van der Waals surface area contributed by atoms with E-state index < -0.39 is 11.4 Å². The molecule has 17 heavy (non-hydrogen) atoms. The second-order valence-corrected chi connectivity index (χ2v) is 4.39. The zero-order valence-corrected chi connectivity index (χ0v) is 10.9. The molecule has 5 heteroatoms. The van der Waals surface area contributed by atoms with Gasteiger partial charge in [-0.15, -0.1) is 0 Å². The summed E-state index contributed by atoms with van der Waals surface area (Å²) in [5.74, 6) is -0.706. The Hall–Kier alpha value is -1.39. The highest BCUT2D eigenvalue weighted by Gasteiger charge is 2.53. The summed E-state index contributed by atoms with van der Waals surface area (Å²) in [5.41, 5.74) is -1.04. The van der Waals surface area contributed by atoms with Crippen molar-refractivity contribution in [3.8, 4) is 0 Å². The number of imide groups is 2. The largest absolute Gasteiger partial charge is 0.333 e. The van der Waals surface area contributed by atoms with E-state index in [1.54, 1.807) is 0 Å². The SMILES string of the molecule is CCCN1C(=O)N(C)C(=O)C(CC)(CC)C1=O. The number of hydrogen-bond donors (Lipinski definition) is 0. The molecule has 0 aromatic rings. The number of barbiturate groups is 1. The molecular formula is C12H20N2O3. The summed E-state index contributed by atoms with van der Waals surface area (Å²) in [6, 6.07) is -0.501. The van der Waals surface area contributed by atoms with Crippen LogP contribution in [0.3, 0.4) is 0 Å². The number of urea groups is 1. The summed E-state index contributed by atoms with van der Waals surface area (Å²) in [5, 5.41) is 0. The maximum atomic E-state index is 12.3. The summed E-state index contributed by atoms with van der Waals surface area (Å²) < 4.78 is 0. The van der Waals surface area contributed by atoms with Crippen molar-refractivity contribution in [2.75, 3.05) is 13.6 Å². The Morgan fingerprint density at radius 1 is 1.00 bits per heavy atom. The van der Waals surface area contributed by atoms with E-state index in [4.69, 9.17) is 0 Å². The minimum absolute atomic E-state index is 0.336. The Labute approximate surface area is 102 Å². The van der Waals surface area contributed by atoms with Crippen LogP contribution < -0.4 is 0 Å². The zero-order valence-electron chi connectivity index (χ0n) is 10.9. The molecule has 0 unspecified atom stereocenters. The maximum absolute atomic E-state index is 12.3. The Morgan fingerprint density at radius 3 is 1.94 bits per heavy atom. The predicted molar refractivity (Wildman–Crippen MR) is 63.2 cm³/mol. The van der Waals surface area contributed by atoms with Crippen LogP contribution in [0.2, 0.25) is 0 Å². The Morgan fingerprint density at radius 2 is 1.53 bits per heavy atom. The highest BCUT2D eigenvalue weighted by molar-refractivity contribution is 6.18. The van der Waals surface area contributed by atoms with Gasteiger partial charge in [-0.05, 0) is 19.3 Å². The fourth-order valence-corrected chi connectivity index (χ4v) is 2.30. The number of nitrogens with zero attached hydrogens (tertiary/aromatic N) is 2. The maximum Gasteiger partial charge on any atom is 0.333 e. The number of carbonyl (C=O) groups is 3. The van der Waals surface area contributed by atoms with Crippen LogP contribution in [-0.2, 0) is 9.59 Å². The van der Waals surface area contributed by atoms with Gasteiger partial charge < -0.3 is 0 Å². The van der Waals surface area contributed by atoms with Crippen LogP contribution in [-0.4, -0.2) is 41.2 Å². The smallest absolute Gasteiger partial charge is 0.273 e. The van der Waals surface area contributed by atoms with Crippen LogP contribution in [0.1, 0.15) is 40.0 Å². The molecule has 0 bridgehead atoms. The van der Waals surface area contributed by atoms with Gasteiger partial charge in [-0.3, -0.25) is 19.4 Å². The van der Waals surface area contributed by atoms with Crippen molar-refractivity contribution < 1.29 is 14.4 Å². The molecule has 0 aromatic heterocycles. The van der Waals surface area contributed by atoms with E-state index >= 15 is 0 Å². The number of amides is 4. The van der Waals surface area contributed by atoms with Gasteiger partial charge in [-0.2, -0.15) is 0 Å². The quantitative estimate of drug-likeness (QED) is 0.702. The summed E-state index contributed by atoms with van der Waals surface area (Å²) in [6.45, 7) is 5.90. The highest BCUT2D eigenvalue weighted by atomic mass is 16.2. The minimum Gasteiger partial charge on any atom is -0.273 e. The van der Waals surface area contributed by atoms with Crippen LogP contribution in [0.15, 0.2) is 0 Å². The number of carbonyl (C=O) groups excluding carboxylic acids is 3. The van der Waals surface area contributed by atoms with Gasteiger partial charge in [-0.1, -0.05) is 20.8 Å². The summed E-state index contributed by atoms with van der Waals surface area (Å²) in [4.78, 5) is 38.6. The van der Waals surface area contributed by atoms with Gasteiger partial charge in [0.15, 0.2) is 0 Å². The third-order valence-electron chi connectivity index (χ3n) is 3.54. The van der Waals surface area contributed by atoms with E-state index in [0.29, 0.717) is 25.8 Å². The lowest BCUT2D eigenvalue weighted by molar-refractivity contribution is -0.158. The van der Waals surface area contributed by atoms with E-state index in [1.807, 2.05) is 20.8 Å². The first-order chi connectivity index (χ1) is 7.96. The lowest BCUT2D eigenvalue weighted by atomic mass is 9.78. The predicted octanol–water partition coefficient (Wildman–Crippen LogP) is 1.62. The van der Waals surface area contributed by atoms with Crippen molar-refractivity contribution in [3.63, 3.8) is 0 Å². The molecule has 0 saturated carbocycles. The van der Waals surface area contributed by atoms with Crippen molar-refractivity contribution in [2.45, 2.75) is 40.0 Å². The zero-order chi connectivity index (χ0) is 13.2. The molecule has 5 nitrogen and oxygen atoms in total. The van der Waals surface area contributed by atoms with Gasteiger partial charge in [0, 0.05) is 13.6 Å². The molecule has 96 valence electrons. The topological polar surface area (TPSA) is 57.7 Å². The molecule has 0 spiro atoms. The van der Waals surface area contributed by atoms with Crippen molar-refractivity contribution in [1.29, 1.82) is 0 Å². The molecule has 1 rings (SSSR count). The van der Waals surface area contributed by atoms with Crippen LogP contribution >= 0.6 is 0 Å². The third kappa shape index (κ3) is 1.83. The normalized spacial score (nSPS) is 20.1. The summed E-state index contributed by atoms with van der Waals surface area (Å²) >= 11 is 0. The second kappa shape index (κ2) is 4.85. The van der Waals surface area contributed by atoms with Crippen molar-refractivity contribution in [3.05, 3.63) is 0 Å². The molecule has 4 amide bonds. The average Bonchev–Trinajstić information content (AvgIpc) is 2.34. The van der Waals surface area contributed by atoms with Crippen molar-refractivity contribution in [1.82, 2.24) is 9.80 Å². The van der Waals surface area contributed by atoms with Crippen LogP contribution in [0.5, 0.6) is 0 Å². The molecule has 1 aliphatic rings. The van der Waals surface area contributed by atoms with Crippen molar-refractivity contribution in [2.24, 2.45) is 5.41 Å². The van der Waals surface area contributed by atoms with Crippen LogP contribution in [0.25, 0.3) is 0 Å². The first-order valence-corrected chi connectivity index (χ1v) is 6.10. The van der Waals surface area contributed by atoms with Gasteiger partial charge in [0.05, 0.1) is 0 Å². The Balaban J connectivity index is 3.20. The molecule has 1 aliphatic heterocycles. The van der Waals surface area contributed by atoms with E-state index in [0.717, 1.165) is 4.90 Å². The Bertz CT molecular complexity index is 348. The molecule has 0 aromatic carbocycles. The minimum atomic E-state index is -1.04. The number of rotatable bonds is 4. The van der Waals surface area contributed by atoms with E-state index in [-0.39, 0.29) is 11.8 Å². The van der Waals surface area contributed by atoms with E-state index in [2.05, 4.69) is 0 Å². The molecule has 0 radical (unpaired) electrons. The second-order valence-electron chi connectivity index (χ2n) is 4.39. The van der Waals surface area contributed by atoms with Gasteiger partial charge in [-0.25, -0.2) is 4.79 Å². The number of hydrogen-bond acceptors (Lipinski definition) is 3. The third-order valence-corrected chi connectivity index (χ3v) is 3.54. The molecule has 0 atom stereocenters. The highest BCUT2D eigenvalue weighted by Crippen LogP contribution is 2.35. The molecule has 1 heterocycles. The first kappa shape index (κ1) is 13.7. The molecule has 1 fully saturated rings. The van der Waals surface area contributed by atoms with Gasteiger partial charge in [0.1, 0.15) is 5.41 Å². The van der Waals surface area contributed by atoms with E-state index in [1.165, 1.54) is 11.9 Å².